The number of rotatable bonds is 5. The molecule has 0 amide bonds. The highest BCUT2D eigenvalue weighted by Crippen LogP contribution is 2.24. The summed E-state index contributed by atoms with van der Waals surface area (Å²) in [4.78, 5) is 16.3. The van der Waals surface area contributed by atoms with Gasteiger partial charge in [0.05, 0.1) is 17.9 Å². The third-order valence-corrected chi connectivity index (χ3v) is 3.70. The molecule has 0 radical (unpaired) electrons. The Morgan fingerprint density at radius 2 is 1.78 bits per heavy atom. The number of benzene rings is 2. The quantitative estimate of drug-likeness (QED) is 0.264. The fraction of sp³-hybridized carbons (Fsp3) is 0.200. The second-order valence-electron chi connectivity index (χ2n) is 5.78. The fourth-order valence-electron chi connectivity index (χ4n) is 2.35. The number of aliphatic hydroxyl groups excluding tert-OH is 1. The van der Waals surface area contributed by atoms with Crippen LogP contribution in [0.1, 0.15) is 23.6 Å². The van der Waals surface area contributed by atoms with Crippen LogP contribution in [-0.2, 0) is 9.53 Å². The zero-order valence-electron chi connectivity index (χ0n) is 15.0. The number of aliphatic hydroxyl groups is 1. The highest BCUT2D eigenvalue weighted by Gasteiger charge is 2.21. The SMILES string of the molecule is CCOC(=O)/C(C=Nc1ccc(C)cc1C)=C(\O)c1cc(F)c(F)cc1F. The van der Waals surface area contributed by atoms with Crippen molar-refractivity contribution in [2.45, 2.75) is 20.8 Å². The highest BCUT2D eigenvalue weighted by atomic mass is 19.2. The molecule has 2 aromatic rings. The summed E-state index contributed by atoms with van der Waals surface area (Å²) in [5, 5.41) is 10.3. The Labute approximate surface area is 154 Å². The van der Waals surface area contributed by atoms with E-state index in [9.17, 15) is 23.1 Å². The maximum absolute atomic E-state index is 14.0. The molecule has 0 aliphatic rings. The summed E-state index contributed by atoms with van der Waals surface area (Å²) in [6.45, 7) is 5.25. The number of esters is 1. The van der Waals surface area contributed by atoms with Crippen molar-refractivity contribution in [3.05, 3.63) is 70.0 Å². The van der Waals surface area contributed by atoms with Crippen LogP contribution in [0.15, 0.2) is 40.9 Å². The van der Waals surface area contributed by atoms with Gasteiger partial charge in [-0.15, -0.1) is 0 Å². The molecule has 0 aliphatic carbocycles. The second kappa shape index (κ2) is 8.53. The Balaban J connectivity index is 2.57. The van der Waals surface area contributed by atoms with Gasteiger partial charge in [-0.3, -0.25) is 4.99 Å². The van der Waals surface area contributed by atoms with Crippen LogP contribution in [0.3, 0.4) is 0 Å². The van der Waals surface area contributed by atoms with Crippen molar-refractivity contribution in [1.29, 1.82) is 0 Å². The molecule has 0 fully saturated rings. The molecule has 0 spiro atoms. The number of aryl methyl sites for hydroxylation is 2. The van der Waals surface area contributed by atoms with Gasteiger partial charge in [-0.05, 0) is 38.5 Å². The minimum Gasteiger partial charge on any atom is -0.506 e. The lowest BCUT2D eigenvalue weighted by atomic mass is 10.1. The Morgan fingerprint density at radius 3 is 2.41 bits per heavy atom. The standard InChI is InChI=1S/C20H18F3NO3/c1-4-27-20(26)14(10-24-18-6-5-11(2)7-12(18)3)19(25)13-8-16(22)17(23)9-15(13)21/h5-10,25H,4H2,1-3H3/b19-14-,24-10?. The average Bonchev–Trinajstić information content (AvgIpc) is 2.60. The van der Waals surface area contributed by atoms with Crippen LogP contribution < -0.4 is 0 Å². The van der Waals surface area contributed by atoms with Gasteiger partial charge in [-0.2, -0.15) is 0 Å². The predicted octanol–water partition coefficient (Wildman–Crippen LogP) is 4.96. The molecule has 2 rings (SSSR count). The number of carbonyl (C=O) groups excluding carboxylic acids is 1. The first-order chi connectivity index (χ1) is 12.7. The molecule has 1 N–H and O–H groups in total. The average molecular weight is 377 g/mol. The van der Waals surface area contributed by atoms with Gasteiger partial charge in [0.25, 0.3) is 0 Å². The number of ether oxygens (including phenoxy) is 1. The molecule has 2 aromatic carbocycles. The van der Waals surface area contributed by atoms with Crippen molar-refractivity contribution in [2.24, 2.45) is 4.99 Å². The molecule has 27 heavy (non-hydrogen) atoms. The lowest BCUT2D eigenvalue weighted by Crippen LogP contribution is -2.12. The largest absolute Gasteiger partial charge is 0.506 e. The number of nitrogens with zero attached hydrogens (tertiary/aromatic N) is 1. The van der Waals surface area contributed by atoms with E-state index in [1.54, 1.807) is 13.0 Å². The van der Waals surface area contributed by atoms with E-state index in [1.165, 1.54) is 0 Å². The maximum atomic E-state index is 14.0. The first kappa shape index (κ1) is 20.2. The molecule has 0 saturated heterocycles. The van der Waals surface area contributed by atoms with Crippen LogP contribution in [-0.4, -0.2) is 23.9 Å². The molecule has 0 saturated carbocycles. The van der Waals surface area contributed by atoms with Crippen molar-refractivity contribution < 1.29 is 27.8 Å². The predicted molar refractivity (Wildman–Crippen MR) is 96.6 cm³/mol. The Kier molecular flexibility index (Phi) is 6.39. The van der Waals surface area contributed by atoms with Crippen molar-refractivity contribution in [3.8, 4) is 0 Å². The van der Waals surface area contributed by atoms with Crippen molar-refractivity contribution >= 4 is 23.6 Å². The Hall–Kier alpha value is -3.09. The first-order valence-electron chi connectivity index (χ1n) is 8.11. The summed E-state index contributed by atoms with van der Waals surface area (Å²) in [5.41, 5.74) is 1.18. The van der Waals surface area contributed by atoms with Gasteiger partial charge in [0.15, 0.2) is 11.6 Å². The zero-order chi connectivity index (χ0) is 20.1. The summed E-state index contributed by atoms with van der Waals surface area (Å²) in [6.07, 6.45) is 1.01. The van der Waals surface area contributed by atoms with Gasteiger partial charge in [0.2, 0.25) is 0 Å². The van der Waals surface area contributed by atoms with E-state index in [0.29, 0.717) is 11.8 Å². The summed E-state index contributed by atoms with van der Waals surface area (Å²) >= 11 is 0. The van der Waals surface area contributed by atoms with Gasteiger partial charge in [0, 0.05) is 12.3 Å². The third kappa shape index (κ3) is 4.75. The lowest BCUT2D eigenvalue weighted by molar-refractivity contribution is -0.137. The smallest absolute Gasteiger partial charge is 0.343 e. The maximum Gasteiger partial charge on any atom is 0.343 e. The van der Waals surface area contributed by atoms with E-state index in [4.69, 9.17) is 4.74 Å². The monoisotopic (exact) mass is 377 g/mol. The number of aliphatic imine (C=N–C) groups is 1. The first-order valence-corrected chi connectivity index (χ1v) is 8.11. The highest BCUT2D eigenvalue weighted by molar-refractivity contribution is 6.15. The molecule has 0 atom stereocenters. The molecule has 4 nitrogen and oxygen atoms in total. The van der Waals surface area contributed by atoms with Crippen molar-refractivity contribution in [1.82, 2.24) is 0 Å². The van der Waals surface area contributed by atoms with E-state index >= 15 is 0 Å². The van der Waals surface area contributed by atoms with E-state index < -0.39 is 40.3 Å². The van der Waals surface area contributed by atoms with Crippen molar-refractivity contribution in [3.63, 3.8) is 0 Å². The molecule has 0 aromatic heterocycles. The minimum absolute atomic E-state index is 0.00667. The molecular formula is C20H18F3NO3. The van der Waals surface area contributed by atoms with Gasteiger partial charge in [-0.25, -0.2) is 18.0 Å². The summed E-state index contributed by atoms with van der Waals surface area (Å²) in [6, 6.07) is 6.13. The molecule has 142 valence electrons. The summed E-state index contributed by atoms with van der Waals surface area (Å²) < 4.78 is 45.4. The molecule has 0 heterocycles. The van der Waals surface area contributed by atoms with E-state index in [0.717, 1.165) is 17.3 Å². The molecule has 0 unspecified atom stereocenters. The van der Waals surface area contributed by atoms with Crippen LogP contribution in [0.5, 0.6) is 0 Å². The van der Waals surface area contributed by atoms with E-state index in [2.05, 4.69) is 4.99 Å². The van der Waals surface area contributed by atoms with Crippen LogP contribution in [0.4, 0.5) is 18.9 Å². The number of carbonyl (C=O) groups is 1. The van der Waals surface area contributed by atoms with Crippen LogP contribution >= 0.6 is 0 Å². The zero-order valence-corrected chi connectivity index (χ0v) is 15.0. The van der Waals surface area contributed by atoms with E-state index in [-0.39, 0.29) is 12.7 Å². The van der Waals surface area contributed by atoms with Crippen LogP contribution in [0.25, 0.3) is 5.76 Å². The Morgan fingerprint density at radius 1 is 1.11 bits per heavy atom. The second-order valence-corrected chi connectivity index (χ2v) is 5.78. The Bertz CT molecular complexity index is 936. The van der Waals surface area contributed by atoms with Gasteiger partial charge >= 0.3 is 5.97 Å². The summed E-state index contributed by atoms with van der Waals surface area (Å²) in [5.74, 6) is -5.89. The van der Waals surface area contributed by atoms with Crippen LogP contribution in [0.2, 0.25) is 0 Å². The number of hydrogen-bond acceptors (Lipinski definition) is 4. The van der Waals surface area contributed by atoms with E-state index in [1.807, 2.05) is 26.0 Å². The minimum atomic E-state index is -1.41. The van der Waals surface area contributed by atoms with Gasteiger partial charge in [-0.1, -0.05) is 17.7 Å². The van der Waals surface area contributed by atoms with Gasteiger partial charge < -0.3 is 9.84 Å². The van der Waals surface area contributed by atoms with Gasteiger partial charge in [0.1, 0.15) is 17.1 Å². The van der Waals surface area contributed by atoms with Crippen molar-refractivity contribution in [2.75, 3.05) is 6.61 Å². The molecule has 0 aliphatic heterocycles. The molecule has 7 heteroatoms. The summed E-state index contributed by atoms with van der Waals surface area (Å²) in [7, 11) is 0. The third-order valence-electron chi connectivity index (χ3n) is 3.70. The normalized spacial score (nSPS) is 12.2. The fourth-order valence-corrected chi connectivity index (χ4v) is 2.35. The topological polar surface area (TPSA) is 58.9 Å². The molecule has 0 bridgehead atoms. The lowest BCUT2D eigenvalue weighted by Gasteiger charge is -2.09. The molecular weight excluding hydrogens is 359 g/mol. The number of hydrogen-bond donors (Lipinski definition) is 1. The van der Waals surface area contributed by atoms with Crippen LogP contribution in [0, 0.1) is 31.3 Å². The number of halogens is 3.